The topological polar surface area (TPSA) is 81.9 Å². The minimum Gasteiger partial charge on any atom is -0.485 e. The number of amides is 1. The fourth-order valence-electron chi connectivity index (χ4n) is 2.07. The maximum absolute atomic E-state index is 13.5. The Kier molecular flexibility index (Phi) is 4.98. The van der Waals surface area contributed by atoms with Crippen molar-refractivity contribution in [3.8, 4) is 5.75 Å². The second-order valence-electron chi connectivity index (χ2n) is 5.35. The molecule has 128 valence electrons. The monoisotopic (exact) mass is 341 g/mol. The van der Waals surface area contributed by atoms with E-state index >= 15 is 0 Å². The summed E-state index contributed by atoms with van der Waals surface area (Å²) in [7, 11) is 0. The van der Waals surface area contributed by atoms with Crippen molar-refractivity contribution in [2.75, 3.05) is 5.32 Å². The molecule has 0 unspecified atom stereocenters. The van der Waals surface area contributed by atoms with Crippen molar-refractivity contribution >= 4 is 11.6 Å². The molecule has 3 aromatic rings. The molecule has 0 bridgehead atoms. The lowest BCUT2D eigenvalue weighted by atomic mass is 10.2. The molecule has 0 saturated carbocycles. The van der Waals surface area contributed by atoms with Crippen LogP contribution >= 0.6 is 0 Å². The van der Waals surface area contributed by atoms with E-state index in [1.54, 1.807) is 19.1 Å². The maximum atomic E-state index is 13.5. The molecule has 1 aromatic heterocycles. The Labute approximate surface area is 143 Å². The van der Waals surface area contributed by atoms with Gasteiger partial charge in [0.25, 0.3) is 0 Å². The standard InChI is InChI=1S/C17H16FN5O2/c1-12-7-8-13(9-15(12)18)19-17(24)10-23-21-16(20-22-23)11-25-14-5-3-2-4-6-14/h2-9H,10-11H2,1H3,(H,19,24). The van der Waals surface area contributed by atoms with Crippen LogP contribution in [0.5, 0.6) is 5.75 Å². The van der Waals surface area contributed by atoms with Gasteiger partial charge in [-0.05, 0) is 42.0 Å². The van der Waals surface area contributed by atoms with E-state index in [0.717, 1.165) is 4.80 Å². The number of hydrogen-bond acceptors (Lipinski definition) is 5. The van der Waals surface area contributed by atoms with Gasteiger partial charge in [0.2, 0.25) is 11.7 Å². The molecule has 25 heavy (non-hydrogen) atoms. The number of benzene rings is 2. The first-order valence-electron chi connectivity index (χ1n) is 7.61. The molecule has 0 aliphatic carbocycles. The third-order valence-electron chi connectivity index (χ3n) is 3.35. The molecule has 0 aliphatic heterocycles. The van der Waals surface area contributed by atoms with Crippen molar-refractivity contribution in [3.05, 3.63) is 65.7 Å². The Morgan fingerprint density at radius 3 is 2.80 bits per heavy atom. The zero-order chi connectivity index (χ0) is 17.6. The number of rotatable bonds is 6. The highest BCUT2D eigenvalue weighted by atomic mass is 19.1. The van der Waals surface area contributed by atoms with Gasteiger partial charge in [-0.15, -0.1) is 10.2 Å². The van der Waals surface area contributed by atoms with Crippen LogP contribution in [0.25, 0.3) is 0 Å². The van der Waals surface area contributed by atoms with Gasteiger partial charge in [0.1, 0.15) is 18.1 Å². The number of hydrogen-bond donors (Lipinski definition) is 1. The van der Waals surface area contributed by atoms with E-state index in [0.29, 0.717) is 22.8 Å². The lowest BCUT2D eigenvalue weighted by molar-refractivity contribution is -0.117. The van der Waals surface area contributed by atoms with Gasteiger partial charge in [-0.1, -0.05) is 24.3 Å². The molecule has 3 rings (SSSR count). The molecule has 0 spiro atoms. The Balaban J connectivity index is 1.53. The molecule has 0 fully saturated rings. The van der Waals surface area contributed by atoms with E-state index in [1.807, 2.05) is 30.3 Å². The predicted molar refractivity (Wildman–Crippen MR) is 88.4 cm³/mol. The number of para-hydroxylation sites is 1. The fourth-order valence-corrected chi connectivity index (χ4v) is 2.07. The predicted octanol–water partition coefficient (Wildman–Crippen LogP) is 2.34. The van der Waals surface area contributed by atoms with Gasteiger partial charge in [-0.25, -0.2) is 4.39 Å². The van der Waals surface area contributed by atoms with Crippen LogP contribution in [-0.2, 0) is 17.9 Å². The summed E-state index contributed by atoms with van der Waals surface area (Å²) in [5.74, 6) is 0.296. The average molecular weight is 341 g/mol. The molecule has 0 atom stereocenters. The third-order valence-corrected chi connectivity index (χ3v) is 3.35. The van der Waals surface area contributed by atoms with Crippen molar-refractivity contribution < 1.29 is 13.9 Å². The minimum absolute atomic E-state index is 0.131. The van der Waals surface area contributed by atoms with Crippen molar-refractivity contribution in [3.63, 3.8) is 0 Å². The van der Waals surface area contributed by atoms with E-state index in [9.17, 15) is 9.18 Å². The Bertz CT molecular complexity index is 866. The molecule has 2 aromatic carbocycles. The van der Waals surface area contributed by atoms with Crippen molar-refractivity contribution in [1.29, 1.82) is 0 Å². The Hall–Kier alpha value is -3.29. The van der Waals surface area contributed by atoms with Crippen LogP contribution in [0.3, 0.4) is 0 Å². The number of aryl methyl sites for hydroxylation is 1. The summed E-state index contributed by atoms with van der Waals surface area (Å²) in [6, 6.07) is 13.7. The summed E-state index contributed by atoms with van der Waals surface area (Å²) < 4.78 is 19.0. The zero-order valence-corrected chi connectivity index (χ0v) is 13.5. The molecular weight excluding hydrogens is 325 g/mol. The molecule has 0 radical (unpaired) electrons. The number of carbonyl (C=O) groups excluding carboxylic acids is 1. The van der Waals surface area contributed by atoms with Gasteiger partial charge in [0.05, 0.1) is 0 Å². The number of nitrogens with one attached hydrogen (secondary N) is 1. The number of halogens is 1. The van der Waals surface area contributed by atoms with Crippen molar-refractivity contribution in [2.24, 2.45) is 0 Å². The summed E-state index contributed by atoms with van der Waals surface area (Å²) in [4.78, 5) is 13.1. The highest BCUT2D eigenvalue weighted by molar-refractivity contribution is 5.90. The van der Waals surface area contributed by atoms with Crippen LogP contribution in [-0.4, -0.2) is 26.1 Å². The summed E-state index contributed by atoms with van der Waals surface area (Å²) in [6.45, 7) is 1.67. The van der Waals surface area contributed by atoms with Gasteiger partial charge >= 0.3 is 0 Å². The number of ether oxygens (including phenoxy) is 1. The zero-order valence-electron chi connectivity index (χ0n) is 13.5. The van der Waals surface area contributed by atoms with Gasteiger partial charge in [0.15, 0.2) is 6.61 Å². The van der Waals surface area contributed by atoms with Crippen molar-refractivity contribution in [1.82, 2.24) is 20.2 Å². The minimum atomic E-state index is -0.379. The normalized spacial score (nSPS) is 10.5. The number of anilines is 1. The van der Waals surface area contributed by atoms with Gasteiger partial charge < -0.3 is 10.1 Å². The number of carbonyl (C=O) groups is 1. The highest BCUT2D eigenvalue weighted by Crippen LogP contribution is 2.13. The third kappa shape index (κ3) is 4.60. The van der Waals surface area contributed by atoms with E-state index in [2.05, 4.69) is 20.7 Å². The van der Waals surface area contributed by atoms with E-state index < -0.39 is 0 Å². The van der Waals surface area contributed by atoms with Crippen LogP contribution in [0.15, 0.2) is 48.5 Å². The van der Waals surface area contributed by atoms with E-state index in [4.69, 9.17) is 4.74 Å². The van der Waals surface area contributed by atoms with E-state index in [1.165, 1.54) is 6.07 Å². The highest BCUT2D eigenvalue weighted by Gasteiger charge is 2.09. The average Bonchev–Trinajstić information content (AvgIpc) is 3.04. The summed E-state index contributed by atoms with van der Waals surface area (Å²) >= 11 is 0. The molecule has 1 heterocycles. The van der Waals surface area contributed by atoms with Crippen LogP contribution in [0.1, 0.15) is 11.4 Å². The summed E-state index contributed by atoms with van der Waals surface area (Å²) in [5, 5.41) is 14.3. The first-order valence-corrected chi connectivity index (χ1v) is 7.61. The molecule has 1 amide bonds. The molecule has 8 heteroatoms. The van der Waals surface area contributed by atoms with Gasteiger partial charge in [0, 0.05) is 5.69 Å². The van der Waals surface area contributed by atoms with Gasteiger partial charge in [-0.3, -0.25) is 4.79 Å². The smallest absolute Gasteiger partial charge is 0.248 e. The second-order valence-corrected chi connectivity index (χ2v) is 5.35. The molecule has 7 nitrogen and oxygen atoms in total. The van der Waals surface area contributed by atoms with Crippen LogP contribution in [0.2, 0.25) is 0 Å². The number of tetrazole rings is 1. The van der Waals surface area contributed by atoms with Crippen LogP contribution in [0.4, 0.5) is 10.1 Å². The lowest BCUT2D eigenvalue weighted by Crippen LogP contribution is -2.20. The first kappa shape index (κ1) is 16.6. The molecular formula is C17H16FN5O2. The van der Waals surface area contributed by atoms with Gasteiger partial charge in [-0.2, -0.15) is 4.80 Å². The van der Waals surface area contributed by atoms with E-state index in [-0.39, 0.29) is 24.9 Å². The largest absolute Gasteiger partial charge is 0.485 e. The molecule has 0 aliphatic rings. The maximum Gasteiger partial charge on any atom is 0.248 e. The lowest BCUT2D eigenvalue weighted by Gasteiger charge is -2.05. The quantitative estimate of drug-likeness (QED) is 0.744. The van der Waals surface area contributed by atoms with Crippen molar-refractivity contribution in [2.45, 2.75) is 20.1 Å². The van der Waals surface area contributed by atoms with Crippen LogP contribution in [0, 0.1) is 12.7 Å². The summed E-state index contributed by atoms with van der Waals surface area (Å²) in [5.41, 5.74) is 0.889. The second kappa shape index (κ2) is 7.52. The number of aromatic nitrogens is 4. The fraction of sp³-hybridized carbons (Fsp3) is 0.176. The SMILES string of the molecule is Cc1ccc(NC(=O)Cn2nnc(COc3ccccc3)n2)cc1F. The number of nitrogens with zero attached hydrogens (tertiary/aromatic N) is 4. The van der Waals surface area contributed by atoms with Crippen LogP contribution < -0.4 is 10.1 Å². The Morgan fingerprint density at radius 2 is 2.04 bits per heavy atom. The Morgan fingerprint density at radius 1 is 1.24 bits per heavy atom. The molecule has 1 N–H and O–H groups in total. The first-order chi connectivity index (χ1) is 12.1. The molecule has 0 saturated heterocycles. The summed E-state index contributed by atoms with van der Waals surface area (Å²) in [6.07, 6.45) is 0.